The Morgan fingerprint density at radius 1 is 1.58 bits per heavy atom. The van der Waals surface area contributed by atoms with E-state index in [0.717, 1.165) is 25.7 Å². The number of carbonyl (C=O) groups is 1. The van der Waals surface area contributed by atoms with E-state index in [2.05, 4.69) is 11.9 Å². The van der Waals surface area contributed by atoms with E-state index < -0.39 is 6.10 Å². The molecule has 0 aliphatic carbocycles. The molecular weight excluding hydrogens is 156 g/mol. The molecule has 1 aliphatic rings. The summed E-state index contributed by atoms with van der Waals surface area (Å²) < 4.78 is 5.00. The van der Waals surface area contributed by atoms with Gasteiger partial charge in [0.25, 0.3) is 11.9 Å². The van der Waals surface area contributed by atoms with Crippen molar-refractivity contribution < 1.29 is 9.53 Å². The first-order valence-corrected chi connectivity index (χ1v) is 4.28. The second kappa shape index (κ2) is 4.09. The number of amidine groups is 1. The van der Waals surface area contributed by atoms with E-state index in [1.807, 2.05) is 0 Å². The Balaban J connectivity index is 2.23. The summed E-state index contributed by atoms with van der Waals surface area (Å²) in [6.07, 6.45) is 3.58. The Kier molecular flexibility index (Phi) is 3.08. The lowest BCUT2D eigenvalue weighted by atomic mass is 10.1. The molecule has 0 saturated heterocycles. The predicted octanol–water partition coefficient (Wildman–Crippen LogP) is 0.807. The monoisotopic (exact) mass is 170 g/mol. The van der Waals surface area contributed by atoms with Crippen molar-refractivity contribution in [3.63, 3.8) is 0 Å². The summed E-state index contributed by atoms with van der Waals surface area (Å²) in [5.41, 5.74) is 5.23. The number of nitrogens with two attached hydrogens (primary N) is 1. The second-order valence-electron chi connectivity index (χ2n) is 2.89. The number of hydrogen-bond acceptors (Lipinski definition) is 3. The molecule has 0 spiro atoms. The summed E-state index contributed by atoms with van der Waals surface area (Å²) in [4.78, 5) is 14.5. The van der Waals surface area contributed by atoms with Gasteiger partial charge in [-0.15, -0.1) is 0 Å². The lowest BCUT2D eigenvalue weighted by molar-refractivity contribution is -0.122. The fourth-order valence-corrected chi connectivity index (χ4v) is 1.17. The average molecular weight is 170 g/mol. The Labute approximate surface area is 71.8 Å². The van der Waals surface area contributed by atoms with Crippen LogP contribution < -0.4 is 5.73 Å². The van der Waals surface area contributed by atoms with Crippen LogP contribution in [0.4, 0.5) is 0 Å². The summed E-state index contributed by atoms with van der Waals surface area (Å²) in [5, 5.41) is 0. The number of carbonyl (C=O) groups excluding carboxylic acids is 1. The number of ether oxygens (including phenoxy) is 1. The van der Waals surface area contributed by atoms with E-state index in [-0.39, 0.29) is 11.9 Å². The van der Waals surface area contributed by atoms with Crippen LogP contribution in [0, 0.1) is 0 Å². The molecule has 0 aromatic carbocycles. The van der Waals surface area contributed by atoms with E-state index in [1.165, 1.54) is 0 Å². The lowest BCUT2D eigenvalue weighted by Gasteiger charge is -2.06. The molecule has 1 unspecified atom stereocenters. The smallest absolute Gasteiger partial charge is 0.291 e. The van der Waals surface area contributed by atoms with Gasteiger partial charge in [-0.1, -0.05) is 19.8 Å². The third kappa shape index (κ3) is 2.22. The SMILES string of the molecule is CCCCCC1OC(N)=NC1=O. The number of nitrogens with zero attached hydrogens (tertiary/aromatic N) is 1. The fraction of sp³-hybridized carbons (Fsp3) is 0.750. The standard InChI is InChI=1S/C8H14N2O2/c1-2-3-4-5-6-7(11)10-8(9)12-6/h6H,2-5H2,1H3,(H2,9,10,11). The maximum absolute atomic E-state index is 11.0. The van der Waals surface area contributed by atoms with Crippen molar-refractivity contribution in [1.29, 1.82) is 0 Å². The largest absolute Gasteiger partial charge is 0.452 e. The van der Waals surface area contributed by atoms with Crippen LogP contribution in [0.3, 0.4) is 0 Å². The van der Waals surface area contributed by atoms with Gasteiger partial charge < -0.3 is 10.5 Å². The van der Waals surface area contributed by atoms with Gasteiger partial charge in [0.05, 0.1) is 0 Å². The van der Waals surface area contributed by atoms with Crippen LogP contribution in [0.15, 0.2) is 4.99 Å². The van der Waals surface area contributed by atoms with Crippen LogP contribution in [-0.2, 0) is 9.53 Å². The van der Waals surface area contributed by atoms with Crippen LogP contribution in [-0.4, -0.2) is 18.0 Å². The van der Waals surface area contributed by atoms with Crippen LogP contribution in [0.2, 0.25) is 0 Å². The highest BCUT2D eigenvalue weighted by atomic mass is 16.5. The minimum Gasteiger partial charge on any atom is -0.452 e. The van der Waals surface area contributed by atoms with Gasteiger partial charge in [0.15, 0.2) is 6.10 Å². The molecule has 4 heteroatoms. The lowest BCUT2D eigenvalue weighted by Crippen LogP contribution is -2.20. The number of rotatable bonds is 4. The molecular formula is C8H14N2O2. The summed E-state index contributed by atoms with van der Waals surface area (Å²) >= 11 is 0. The zero-order valence-electron chi connectivity index (χ0n) is 7.25. The molecule has 68 valence electrons. The van der Waals surface area contributed by atoms with Gasteiger partial charge in [-0.3, -0.25) is 4.79 Å². The first kappa shape index (κ1) is 9.03. The van der Waals surface area contributed by atoms with Crippen molar-refractivity contribution in [2.45, 2.75) is 38.7 Å². The van der Waals surface area contributed by atoms with Crippen molar-refractivity contribution in [2.24, 2.45) is 10.7 Å². The van der Waals surface area contributed by atoms with Crippen LogP contribution in [0.25, 0.3) is 0 Å². The molecule has 0 radical (unpaired) electrons. The average Bonchev–Trinajstić information content (AvgIpc) is 2.31. The molecule has 4 nitrogen and oxygen atoms in total. The quantitative estimate of drug-likeness (QED) is 0.635. The molecule has 0 aromatic heterocycles. The Morgan fingerprint density at radius 3 is 2.83 bits per heavy atom. The zero-order chi connectivity index (χ0) is 8.97. The van der Waals surface area contributed by atoms with E-state index in [1.54, 1.807) is 0 Å². The molecule has 12 heavy (non-hydrogen) atoms. The van der Waals surface area contributed by atoms with Crippen LogP contribution >= 0.6 is 0 Å². The van der Waals surface area contributed by atoms with E-state index in [9.17, 15) is 4.79 Å². The second-order valence-corrected chi connectivity index (χ2v) is 2.89. The third-order valence-corrected chi connectivity index (χ3v) is 1.83. The minimum atomic E-state index is -0.406. The van der Waals surface area contributed by atoms with Crippen LogP contribution in [0.5, 0.6) is 0 Å². The Bertz CT molecular complexity index is 201. The van der Waals surface area contributed by atoms with Crippen molar-refractivity contribution in [2.75, 3.05) is 0 Å². The molecule has 1 amide bonds. The van der Waals surface area contributed by atoms with Crippen molar-refractivity contribution >= 4 is 11.9 Å². The molecule has 0 bridgehead atoms. The number of amides is 1. The molecule has 0 saturated carbocycles. The summed E-state index contributed by atoms with van der Waals surface area (Å²) in [7, 11) is 0. The van der Waals surface area contributed by atoms with E-state index in [0.29, 0.717) is 0 Å². The molecule has 1 atom stereocenters. The van der Waals surface area contributed by atoms with Gasteiger partial charge in [0.1, 0.15) is 0 Å². The third-order valence-electron chi connectivity index (χ3n) is 1.83. The highest BCUT2D eigenvalue weighted by molar-refractivity contribution is 5.97. The van der Waals surface area contributed by atoms with E-state index >= 15 is 0 Å². The number of aliphatic imine (C=N–C) groups is 1. The Morgan fingerprint density at radius 2 is 2.33 bits per heavy atom. The molecule has 0 fully saturated rings. The van der Waals surface area contributed by atoms with Crippen molar-refractivity contribution in [3.8, 4) is 0 Å². The first-order chi connectivity index (χ1) is 5.74. The van der Waals surface area contributed by atoms with Gasteiger partial charge in [0, 0.05) is 0 Å². The van der Waals surface area contributed by atoms with Gasteiger partial charge in [-0.2, -0.15) is 4.99 Å². The zero-order valence-corrected chi connectivity index (χ0v) is 7.25. The molecule has 2 N–H and O–H groups in total. The number of hydrogen-bond donors (Lipinski definition) is 1. The normalized spacial score (nSPS) is 22.2. The minimum absolute atomic E-state index is 0.0153. The highest BCUT2D eigenvalue weighted by Gasteiger charge is 2.26. The molecule has 1 aliphatic heterocycles. The predicted molar refractivity (Wildman–Crippen MR) is 45.6 cm³/mol. The summed E-state index contributed by atoms with van der Waals surface area (Å²) in [6.45, 7) is 2.11. The van der Waals surface area contributed by atoms with Gasteiger partial charge >= 0.3 is 0 Å². The molecule has 1 rings (SSSR count). The van der Waals surface area contributed by atoms with Crippen molar-refractivity contribution in [3.05, 3.63) is 0 Å². The maximum Gasteiger partial charge on any atom is 0.291 e. The van der Waals surface area contributed by atoms with Gasteiger partial charge in [-0.05, 0) is 12.8 Å². The van der Waals surface area contributed by atoms with Gasteiger partial charge in [-0.25, -0.2) is 0 Å². The maximum atomic E-state index is 11.0. The van der Waals surface area contributed by atoms with Crippen molar-refractivity contribution in [1.82, 2.24) is 0 Å². The molecule has 1 heterocycles. The van der Waals surface area contributed by atoms with E-state index in [4.69, 9.17) is 10.5 Å². The first-order valence-electron chi connectivity index (χ1n) is 4.28. The number of unbranched alkanes of at least 4 members (excludes halogenated alkanes) is 2. The van der Waals surface area contributed by atoms with Crippen LogP contribution in [0.1, 0.15) is 32.6 Å². The highest BCUT2D eigenvalue weighted by Crippen LogP contribution is 2.12. The fourth-order valence-electron chi connectivity index (χ4n) is 1.17. The van der Waals surface area contributed by atoms with Gasteiger partial charge in [0.2, 0.25) is 0 Å². The summed E-state index contributed by atoms with van der Waals surface area (Å²) in [6, 6.07) is 0.0153. The Hall–Kier alpha value is -1.06. The molecule has 0 aromatic rings. The summed E-state index contributed by atoms with van der Waals surface area (Å²) in [5.74, 6) is -0.233. The topological polar surface area (TPSA) is 64.7 Å².